The Morgan fingerprint density at radius 1 is 1.43 bits per heavy atom. The van der Waals surface area contributed by atoms with Crippen LogP contribution in [0.15, 0.2) is 46.4 Å². The van der Waals surface area contributed by atoms with E-state index in [0.29, 0.717) is 23.0 Å². The molecule has 210 valence electrons. The summed E-state index contributed by atoms with van der Waals surface area (Å²) in [6, 6.07) is -0.975. The molecule has 2 aliphatic heterocycles. The molecule has 0 aromatic carbocycles. The molecule has 15 nitrogen and oxygen atoms in total. The van der Waals surface area contributed by atoms with Gasteiger partial charge in [-0.1, -0.05) is 29.1 Å². The minimum Gasteiger partial charge on any atom is -0.477 e. The van der Waals surface area contributed by atoms with Gasteiger partial charge < -0.3 is 21.0 Å². The van der Waals surface area contributed by atoms with E-state index in [1.54, 1.807) is 6.08 Å². The van der Waals surface area contributed by atoms with Gasteiger partial charge in [0.1, 0.15) is 23.2 Å². The van der Waals surface area contributed by atoms with Crippen LogP contribution in [-0.2, 0) is 25.8 Å². The minimum absolute atomic E-state index is 0.0241. The van der Waals surface area contributed by atoms with Crippen LogP contribution >= 0.6 is 35.1 Å². The number of oxime groups is 1. The van der Waals surface area contributed by atoms with E-state index in [1.165, 1.54) is 33.1 Å². The average molecular weight is 605 g/mol. The number of allylic oxidation sites excluding steroid dienone is 2. The first-order chi connectivity index (χ1) is 19.4. The molecule has 2 unspecified atom stereocenters. The average Bonchev–Trinajstić information content (AvgIpc) is 3.59. The monoisotopic (exact) mass is 604 g/mol. The maximum atomic E-state index is 13.3. The van der Waals surface area contributed by atoms with Gasteiger partial charge in [0, 0.05) is 23.0 Å². The van der Waals surface area contributed by atoms with Gasteiger partial charge in [0.15, 0.2) is 5.13 Å². The van der Waals surface area contributed by atoms with Crippen molar-refractivity contribution in [2.24, 2.45) is 5.16 Å². The number of amides is 2. The molecule has 5 rings (SSSR count). The zero-order valence-electron chi connectivity index (χ0n) is 20.9. The first-order valence-electron chi connectivity index (χ1n) is 12.1. The normalized spacial score (nSPS) is 22.5. The molecule has 2 aromatic heterocycles. The summed E-state index contributed by atoms with van der Waals surface area (Å²) in [5, 5.41) is 28.1. The van der Waals surface area contributed by atoms with E-state index < -0.39 is 29.2 Å². The van der Waals surface area contributed by atoms with Gasteiger partial charge in [0.2, 0.25) is 16.7 Å². The van der Waals surface area contributed by atoms with Crippen molar-refractivity contribution in [3.63, 3.8) is 0 Å². The molecule has 0 saturated carbocycles. The fourth-order valence-corrected chi connectivity index (χ4v) is 7.00. The maximum Gasteiger partial charge on any atom is 0.352 e. The first kappa shape index (κ1) is 27.8. The van der Waals surface area contributed by atoms with Crippen LogP contribution < -0.4 is 11.1 Å². The van der Waals surface area contributed by atoms with Crippen molar-refractivity contribution < 1.29 is 24.3 Å². The van der Waals surface area contributed by atoms with Crippen LogP contribution in [0.1, 0.15) is 25.1 Å². The second-order valence-corrected chi connectivity index (χ2v) is 11.6. The number of tetrazole rings is 1. The number of carboxylic acid groups (broad SMARTS) is 1. The van der Waals surface area contributed by atoms with Gasteiger partial charge in [-0.05, 0) is 41.3 Å². The Kier molecular flexibility index (Phi) is 8.46. The Labute approximate surface area is 240 Å². The highest BCUT2D eigenvalue weighted by Crippen LogP contribution is 2.41. The smallest absolute Gasteiger partial charge is 0.352 e. The van der Waals surface area contributed by atoms with E-state index in [9.17, 15) is 19.5 Å². The van der Waals surface area contributed by atoms with Crippen molar-refractivity contribution >= 4 is 63.7 Å². The van der Waals surface area contributed by atoms with Crippen LogP contribution in [-0.4, -0.2) is 92.1 Å². The lowest BCUT2D eigenvalue weighted by Gasteiger charge is -2.49. The molecule has 1 saturated heterocycles. The highest BCUT2D eigenvalue weighted by Gasteiger charge is 2.54. The molecule has 0 radical (unpaired) electrons. The highest BCUT2D eigenvalue weighted by molar-refractivity contribution is 8.01. The lowest BCUT2D eigenvalue weighted by Crippen LogP contribution is -2.71. The summed E-state index contributed by atoms with van der Waals surface area (Å²) in [5.74, 6) is -1.94. The molecule has 0 bridgehead atoms. The van der Waals surface area contributed by atoms with Gasteiger partial charge in [0.25, 0.3) is 11.8 Å². The van der Waals surface area contributed by atoms with E-state index in [1.807, 2.05) is 12.2 Å². The molecule has 40 heavy (non-hydrogen) atoms. The number of nitrogens with zero attached hydrogens (tertiary/aromatic N) is 8. The Morgan fingerprint density at radius 2 is 2.27 bits per heavy atom. The molecule has 4 heterocycles. The van der Waals surface area contributed by atoms with E-state index in [4.69, 9.17) is 10.6 Å². The van der Waals surface area contributed by atoms with Crippen molar-refractivity contribution in [3.05, 3.63) is 41.9 Å². The lowest BCUT2D eigenvalue weighted by atomic mass is 10.0. The molecule has 3 atom stereocenters. The number of carbonyl (C=O) groups is 3. The van der Waals surface area contributed by atoms with Crippen LogP contribution in [0.2, 0.25) is 0 Å². The maximum absolute atomic E-state index is 13.3. The zero-order chi connectivity index (χ0) is 28.2. The van der Waals surface area contributed by atoms with Crippen LogP contribution in [0.4, 0.5) is 5.13 Å². The highest BCUT2D eigenvalue weighted by atomic mass is 32.2. The van der Waals surface area contributed by atoms with E-state index in [2.05, 4.69) is 41.9 Å². The number of aromatic nitrogens is 6. The predicted octanol–water partition coefficient (Wildman–Crippen LogP) is 0.653. The summed E-state index contributed by atoms with van der Waals surface area (Å²) in [6.07, 6.45) is 7.80. The van der Waals surface area contributed by atoms with Gasteiger partial charge in [-0.15, -0.1) is 23.4 Å². The number of nitrogen functional groups attached to an aromatic ring is 1. The summed E-state index contributed by atoms with van der Waals surface area (Å²) in [7, 11) is 0. The molecule has 2 aromatic rings. The number of anilines is 1. The fraction of sp³-hybridized carbons (Fsp3) is 0.409. The van der Waals surface area contributed by atoms with Crippen LogP contribution in [0.5, 0.6) is 0 Å². The number of aliphatic carboxylic acids is 1. The molecule has 3 aliphatic rings. The number of fused-ring (bicyclic) bond motifs is 1. The van der Waals surface area contributed by atoms with Crippen molar-refractivity contribution in [2.45, 2.75) is 48.5 Å². The summed E-state index contributed by atoms with van der Waals surface area (Å²) in [4.78, 5) is 49.4. The Hall–Kier alpha value is -3.77. The number of β-lactam (4-membered cyclic amide) rings is 1. The Bertz CT molecular complexity index is 1420. The largest absolute Gasteiger partial charge is 0.477 e. The van der Waals surface area contributed by atoms with Crippen molar-refractivity contribution in [1.82, 2.24) is 39.8 Å². The molecule has 4 N–H and O–H groups in total. The summed E-state index contributed by atoms with van der Waals surface area (Å²) in [5.41, 5.74) is 5.92. The van der Waals surface area contributed by atoms with Gasteiger partial charge in [-0.2, -0.15) is 9.36 Å². The third-order valence-corrected chi connectivity index (χ3v) is 9.00. The standard InChI is InChI=1S/C22H24N10O5S3/c1-2-8-31-22(26-29-30-31)39-10-11-9-38-19-14(18(34)32(19)15(11)20(35)36)24-17(33)13(16-25-21(23)40-28-16)27-37-12-6-4-3-5-7-12/h2,4,6,12,14,19H,1,3,5,7-10H2,(H,24,33)(H,35,36)(H2,23,25,28)/b27-13-/t12?,14?,19-/m1/s1. The number of hydrogen-bond donors (Lipinski definition) is 3. The number of nitrogens with two attached hydrogens (primary N) is 1. The van der Waals surface area contributed by atoms with E-state index >= 15 is 0 Å². The first-order valence-corrected chi connectivity index (χ1v) is 14.9. The topological polar surface area (TPSA) is 204 Å². The van der Waals surface area contributed by atoms with Crippen molar-refractivity contribution in [3.8, 4) is 0 Å². The third-order valence-electron chi connectivity index (χ3n) is 6.07. The molecular weight excluding hydrogens is 581 g/mol. The van der Waals surface area contributed by atoms with E-state index in [0.717, 1.165) is 30.8 Å². The van der Waals surface area contributed by atoms with Crippen LogP contribution in [0, 0.1) is 0 Å². The number of carboxylic acids is 1. The van der Waals surface area contributed by atoms with Crippen LogP contribution in [0.25, 0.3) is 0 Å². The molecule has 1 aliphatic carbocycles. The van der Waals surface area contributed by atoms with Crippen molar-refractivity contribution in [1.29, 1.82) is 0 Å². The SMILES string of the molecule is C=CCn1nnnc1SCC1=C(C(=O)O)N2C(=O)C(NC(=O)/C(=N\OC3C=CCCC3)c3nsc(N)n3)[C@H]2SC1. The summed E-state index contributed by atoms with van der Waals surface area (Å²) >= 11 is 3.50. The number of hydrogen-bond acceptors (Lipinski definition) is 14. The predicted molar refractivity (Wildman–Crippen MR) is 147 cm³/mol. The second kappa shape index (κ2) is 12.2. The fourth-order valence-electron chi connectivity index (χ4n) is 4.20. The second-order valence-electron chi connectivity index (χ2n) is 8.74. The van der Waals surface area contributed by atoms with Gasteiger partial charge >= 0.3 is 5.97 Å². The Balaban J connectivity index is 1.30. The van der Waals surface area contributed by atoms with Gasteiger partial charge in [-0.25, -0.2) is 9.48 Å². The van der Waals surface area contributed by atoms with Crippen molar-refractivity contribution in [2.75, 3.05) is 17.2 Å². The molecule has 2 amide bonds. The van der Waals surface area contributed by atoms with Crippen LogP contribution in [0.3, 0.4) is 0 Å². The molecule has 18 heteroatoms. The summed E-state index contributed by atoms with van der Waals surface area (Å²) in [6.45, 7) is 4.07. The lowest BCUT2D eigenvalue weighted by molar-refractivity contribution is -0.150. The molecular formula is C22H24N10O5S3. The Morgan fingerprint density at radius 3 is 2.98 bits per heavy atom. The zero-order valence-corrected chi connectivity index (χ0v) is 23.3. The number of carbonyl (C=O) groups excluding carboxylic acids is 2. The number of rotatable bonds is 11. The summed E-state index contributed by atoms with van der Waals surface area (Å²) < 4.78 is 5.60. The third kappa shape index (κ3) is 5.73. The minimum atomic E-state index is -1.23. The molecule has 1 fully saturated rings. The number of nitrogens with one attached hydrogen (secondary N) is 1. The van der Waals surface area contributed by atoms with Gasteiger partial charge in [-0.3, -0.25) is 14.5 Å². The number of thioether (sulfide) groups is 2. The molecule has 0 spiro atoms. The quantitative estimate of drug-likeness (QED) is 0.106. The van der Waals surface area contributed by atoms with Gasteiger partial charge in [0.05, 0.1) is 6.54 Å². The van der Waals surface area contributed by atoms with E-state index in [-0.39, 0.29) is 34.2 Å².